The molecule has 0 aliphatic rings. The highest BCUT2D eigenvalue weighted by Crippen LogP contribution is 2.35. The quantitative estimate of drug-likeness (QED) is 0.806. The number of hydrogen-bond acceptors (Lipinski definition) is 2. The van der Waals surface area contributed by atoms with Crippen LogP contribution in [0.1, 0.15) is 28.7 Å². The molecule has 2 nitrogen and oxygen atoms in total. The zero-order chi connectivity index (χ0) is 14.7. The van der Waals surface area contributed by atoms with Gasteiger partial charge in [0.2, 0.25) is 0 Å². The molecule has 2 unspecified atom stereocenters. The van der Waals surface area contributed by atoms with Crippen LogP contribution in [0.5, 0.6) is 0 Å². The first-order valence-corrected chi connectivity index (χ1v) is 8.01. The molecule has 0 saturated carbocycles. The molecule has 0 aliphatic carbocycles. The van der Waals surface area contributed by atoms with Crippen LogP contribution in [0.4, 0.5) is 0 Å². The third-order valence-electron chi connectivity index (χ3n) is 3.39. The molecule has 0 radical (unpaired) electrons. The van der Waals surface area contributed by atoms with Crippen LogP contribution in [-0.4, -0.2) is 11.7 Å². The van der Waals surface area contributed by atoms with Crippen LogP contribution >= 0.6 is 31.9 Å². The van der Waals surface area contributed by atoms with Crippen molar-refractivity contribution in [3.05, 3.63) is 68.1 Å². The molecule has 0 bridgehead atoms. The second-order valence-corrected chi connectivity index (χ2v) is 6.64. The average Bonchev–Trinajstić information content (AvgIpc) is 2.39. The third kappa shape index (κ3) is 3.50. The monoisotopic (exact) mass is 397 g/mol. The average molecular weight is 399 g/mol. The van der Waals surface area contributed by atoms with Gasteiger partial charge in [-0.3, -0.25) is 0 Å². The first kappa shape index (κ1) is 15.7. The third-order valence-corrected chi connectivity index (χ3v) is 4.57. The summed E-state index contributed by atoms with van der Waals surface area (Å²) in [5, 5.41) is 10.7. The van der Waals surface area contributed by atoms with Gasteiger partial charge in [-0.1, -0.05) is 56.1 Å². The summed E-state index contributed by atoms with van der Waals surface area (Å²) in [4.78, 5) is 0. The van der Waals surface area contributed by atoms with E-state index in [0.717, 1.165) is 25.6 Å². The van der Waals surface area contributed by atoms with Gasteiger partial charge in [0.25, 0.3) is 0 Å². The summed E-state index contributed by atoms with van der Waals surface area (Å²) in [6, 6.07) is 13.9. The molecule has 2 aromatic carbocycles. The van der Waals surface area contributed by atoms with E-state index in [1.165, 1.54) is 0 Å². The molecule has 0 aromatic heterocycles. The molecule has 0 heterocycles. The molecule has 4 heteroatoms. The number of benzene rings is 2. The van der Waals surface area contributed by atoms with Crippen LogP contribution in [0, 0.1) is 6.92 Å². The summed E-state index contributed by atoms with van der Waals surface area (Å²) in [6.07, 6.45) is -0.635. The smallest absolute Gasteiger partial charge is 0.0881 e. The van der Waals surface area contributed by atoms with E-state index in [9.17, 15) is 5.11 Å². The van der Waals surface area contributed by atoms with E-state index in [1.807, 2.05) is 49.4 Å². The SMILES string of the molecule is Cc1ccc(C(O)C(CN)c2cccc(Br)c2)c(Br)c1. The van der Waals surface area contributed by atoms with Crippen LogP contribution in [-0.2, 0) is 0 Å². The Labute approximate surface area is 136 Å². The zero-order valence-corrected chi connectivity index (χ0v) is 14.4. The minimum absolute atomic E-state index is 0.133. The Balaban J connectivity index is 2.36. The minimum atomic E-state index is -0.635. The standard InChI is InChI=1S/C16H17Br2NO/c1-10-5-6-13(15(18)7-10)16(20)14(9-19)11-3-2-4-12(17)8-11/h2-8,14,16,20H,9,19H2,1H3. The fourth-order valence-electron chi connectivity index (χ4n) is 2.27. The van der Waals surface area contributed by atoms with E-state index in [-0.39, 0.29) is 5.92 Å². The second-order valence-electron chi connectivity index (χ2n) is 4.87. The van der Waals surface area contributed by atoms with Gasteiger partial charge in [0.1, 0.15) is 0 Å². The molecule has 20 heavy (non-hydrogen) atoms. The van der Waals surface area contributed by atoms with Gasteiger partial charge in [-0.2, -0.15) is 0 Å². The Morgan fingerprint density at radius 2 is 1.90 bits per heavy atom. The van der Waals surface area contributed by atoms with Gasteiger partial charge in [0.05, 0.1) is 6.10 Å². The van der Waals surface area contributed by atoms with Crippen LogP contribution in [0.2, 0.25) is 0 Å². The van der Waals surface area contributed by atoms with Gasteiger partial charge in [-0.05, 0) is 41.8 Å². The van der Waals surface area contributed by atoms with Crippen molar-refractivity contribution in [3.8, 4) is 0 Å². The summed E-state index contributed by atoms with van der Waals surface area (Å²) < 4.78 is 1.90. The van der Waals surface area contributed by atoms with Crippen molar-refractivity contribution in [2.75, 3.05) is 6.54 Å². The van der Waals surface area contributed by atoms with Crippen molar-refractivity contribution < 1.29 is 5.11 Å². The predicted octanol–water partition coefficient (Wildman–Crippen LogP) is 4.30. The van der Waals surface area contributed by atoms with E-state index in [4.69, 9.17) is 5.73 Å². The highest BCUT2D eigenvalue weighted by atomic mass is 79.9. The fraction of sp³-hybridized carbons (Fsp3) is 0.250. The lowest BCUT2D eigenvalue weighted by Crippen LogP contribution is -2.20. The van der Waals surface area contributed by atoms with Gasteiger partial charge in [-0.15, -0.1) is 0 Å². The Morgan fingerprint density at radius 1 is 1.15 bits per heavy atom. The summed E-state index contributed by atoms with van der Waals surface area (Å²) in [6.45, 7) is 2.41. The summed E-state index contributed by atoms with van der Waals surface area (Å²) in [7, 11) is 0. The minimum Gasteiger partial charge on any atom is -0.388 e. The molecule has 2 rings (SSSR count). The van der Waals surface area contributed by atoms with Gasteiger partial charge in [0.15, 0.2) is 0 Å². The number of aliphatic hydroxyl groups excluding tert-OH is 1. The lowest BCUT2D eigenvalue weighted by molar-refractivity contribution is 0.146. The Hall–Kier alpha value is -0.680. The molecule has 0 spiro atoms. The maximum Gasteiger partial charge on any atom is 0.0881 e. The van der Waals surface area contributed by atoms with E-state index >= 15 is 0 Å². The summed E-state index contributed by atoms with van der Waals surface area (Å²) >= 11 is 6.98. The van der Waals surface area contributed by atoms with Crippen molar-refractivity contribution >= 4 is 31.9 Å². The maximum atomic E-state index is 10.7. The molecule has 2 atom stereocenters. The molecular formula is C16H17Br2NO. The Bertz CT molecular complexity index is 601. The van der Waals surface area contributed by atoms with Crippen molar-refractivity contribution in [1.29, 1.82) is 0 Å². The largest absolute Gasteiger partial charge is 0.388 e. The summed E-state index contributed by atoms with van der Waals surface area (Å²) in [5.74, 6) is -0.133. The van der Waals surface area contributed by atoms with Gasteiger partial charge >= 0.3 is 0 Å². The Kier molecular flexibility index (Phi) is 5.38. The lowest BCUT2D eigenvalue weighted by atomic mass is 9.89. The molecular weight excluding hydrogens is 382 g/mol. The normalized spacial score (nSPS) is 14.1. The van der Waals surface area contributed by atoms with E-state index in [2.05, 4.69) is 31.9 Å². The highest BCUT2D eigenvalue weighted by Gasteiger charge is 2.23. The van der Waals surface area contributed by atoms with E-state index in [0.29, 0.717) is 6.54 Å². The van der Waals surface area contributed by atoms with Crippen LogP contribution in [0.25, 0.3) is 0 Å². The molecule has 106 valence electrons. The van der Waals surface area contributed by atoms with Crippen molar-refractivity contribution in [3.63, 3.8) is 0 Å². The van der Waals surface area contributed by atoms with Gasteiger partial charge in [0, 0.05) is 21.4 Å². The zero-order valence-electron chi connectivity index (χ0n) is 11.2. The van der Waals surface area contributed by atoms with Crippen LogP contribution in [0.15, 0.2) is 51.4 Å². The first-order valence-electron chi connectivity index (χ1n) is 6.42. The summed E-state index contributed by atoms with van der Waals surface area (Å²) in [5.41, 5.74) is 8.93. The number of halogens is 2. The number of hydrogen-bond donors (Lipinski definition) is 2. The van der Waals surface area contributed by atoms with Gasteiger partial charge in [-0.25, -0.2) is 0 Å². The highest BCUT2D eigenvalue weighted by molar-refractivity contribution is 9.10. The molecule has 3 N–H and O–H groups in total. The number of rotatable bonds is 4. The molecule has 0 amide bonds. The van der Waals surface area contributed by atoms with E-state index in [1.54, 1.807) is 0 Å². The fourth-order valence-corrected chi connectivity index (χ4v) is 3.42. The van der Waals surface area contributed by atoms with E-state index < -0.39 is 6.10 Å². The predicted molar refractivity (Wildman–Crippen MR) is 89.8 cm³/mol. The first-order chi connectivity index (χ1) is 9.52. The van der Waals surface area contributed by atoms with Crippen molar-refractivity contribution in [2.45, 2.75) is 18.9 Å². The lowest BCUT2D eigenvalue weighted by Gasteiger charge is -2.23. The van der Waals surface area contributed by atoms with Crippen LogP contribution in [0.3, 0.4) is 0 Å². The number of aliphatic hydroxyl groups is 1. The van der Waals surface area contributed by atoms with Gasteiger partial charge < -0.3 is 10.8 Å². The molecule has 0 aliphatic heterocycles. The topological polar surface area (TPSA) is 46.2 Å². The maximum absolute atomic E-state index is 10.7. The number of nitrogens with two attached hydrogens (primary N) is 1. The molecule has 2 aromatic rings. The molecule has 0 fully saturated rings. The van der Waals surface area contributed by atoms with Crippen molar-refractivity contribution in [1.82, 2.24) is 0 Å². The number of aryl methyl sites for hydroxylation is 1. The van der Waals surface area contributed by atoms with Crippen molar-refractivity contribution in [2.24, 2.45) is 5.73 Å². The van der Waals surface area contributed by atoms with Crippen LogP contribution < -0.4 is 5.73 Å². The Morgan fingerprint density at radius 3 is 2.50 bits per heavy atom. The second kappa shape index (κ2) is 6.85. The molecule has 0 saturated heterocycles.